The van der Waals surface area contributed by atoms with Crippen LogP contribution < -0.4 is 10.2 Å². The van der Waals surface area contributed by atoms with E-state index in [1.807, 2.05) is 0 Å². The molecule has 1 aromatic heterocycles. The van der Waals surface area contributed by atoms with Crippen LogP contribution in [0.3, 0.4) is 0 Å². The first-order valence-electron chi connectivity index (χ1n) is 3.57. The van der Waals surface area contributed by atoms with Gasteiger partial charge in [0.15, 0.2) is 0 Å². The molecule has 15 heavy (non-hydrogen) atoms. The van der Waals surface area contributed by atoms with Gasteiger partial charge in [-0.3, -0.25) is 4.79 Å². The summed E-state index contributed by atoms with van der Waals surface area (Å²) in [5, 5.41) is 0. The smallest absolute Gasteiger partial charge is 0.389 e. The number of hydrogen-bond donors (Lipinski definition) is 1. The number of alkyl halides is 4. The fraction of sp³-hybridized carbons (Fsp3) is 0.286. The van der Waals surface area contributed by atoms with Crippen LogP contribution in [-0.2, 0) is 6.67 Å². The normalized spacial score (nSPS) is 11.5. The highest BCUT2D eigenvalue weighted by Gasteiger charge is 2.33. The number of pyridine rings is 1. The maximum Gasteiger partial charge on any atom is 0.574 e. The molecule has 0 saturated carbocycles. The number of rotatable bonds is 2. The monoisotopic (exact) mass is 337 g/mol. The zero-order valence-electron chi connectivity index (χ0n) is 6.99. The van der Waals surface area contributed by atoms with Gasteiger partial charge in [0.2, 0.25) is 11.3 Å². The van der Waals surface area contributed by atoms with Crippen LogP contribution in [0.4, 0.5) is 17.6 Å². The Morgan fingerprint density at radius 2 is 2.07 bits per heavy atom. The molecule has 0 saturated heterocycles. The maximum absolute atomic E-state index is 12.1. The van der Waals surface area contributed by atoms with Gasteiger partial charge in [0, 0.05) is 11.8 Å². The molecular weight excluding hydrogens is 333 g/mol. The minimum atomic E-state index is -4.89. The molecule has 8 heteroatoms. The predicted octanol–water partition coefficient (Wildman–Crippen LogP) is 2.35. The molecule has 0 aliphatic rings. The van der Waals surface area contributed by atoms with Crippen LogP contribution in [0.25, 0.3) is 0 Å². The van der Waals surface area contributed by atoms with E-state index in [1.165, 1.54) is 22.6 Å². The Balaban J connectivity index is 3.13. The van der Waals surface area contributed by atoms with Crippen molar-refractivity contribution in [1.29, 1.82) is 0 Å². The summed E-state index contributed by atoms with van der Waals surface area (Å²) in [6.45, 7) is -1.04. The van der Waals surface area contributed by atoms with Crippen LogP contribution in [0.5, 0.6) is 5.88 Å². The Morgan fingerprint density at radius 1 is 1.47 bits per heavy atom. The summed E-state index contributed by atoms with van der Waals surface area (Å²) in [5.41, 5.74) is -1.05. The Morgan fingerprint density at radius 3 is 2.53 bits per heavy atom. The number of H-pyrrole nitrogens is 1. The minimum absolute atomic E-state index is 0.242. The summed E-state index contributed by atoms with van der Waals surface area (Å²) in [4.78, 5) is 13.3. The van der Waals surface area contributed by atoms with Crippen molar-refractivity contribution in [2.45, 2.75) is 13.0 Å². The Hall–Kier alpha value is -0.800. The average molecular weight is 337 g/mol. The van der Waals surface area contributed by atoms with Crippen LogP contribution in [0.15, 0.2) is 11.0 Å². The third-order valence-corrected chi connectivity index (χ3v) is 2.41. The van der Waals surface area contributed by atoms with Gasteiger partial charge in [-0.2, -0.15) is 0 Å². The zero-order chi connectivity index (χ0) is 11.6. The summed E-state index contributed by atoms with van der Waals surface area (Å²) in [6, 6.07) is 0. The summed E-state index contributed by atoms with van der Waals surface area (Å²) in [6.07, 6.45) is -4.04. The Labute approximate surface area is 94.6 Å². The topological polar surface area (TPSA) is 42.1 Å². The number of halogens is 5. The molecule has 0 amide bonds. The second-order valence-electron chi connectivity index (χ2n) is 2.47. The first-order chi connectivity index (χ1) is 6.85. The highest BCUT2D eigenvalue weighted by molar-refractivity contribution is 14.1. The van der Waals surface area contributed by atoms with Crippen molar-refractivity contribution < 1.29 is 22.3 Å². The first kappa shape index (κ1) is 12.3. The lowest BCUT2D eigenvalue weighted by atomic mass is 10.3. The van der Waals surface area contributed by atoms with E-state index in [0.29, 0.717) is 0 Å². The van der Waals surface area contributed by atoms with Crippen molar-refractivity contribution in [3.63, 3.8) is 0 Å². The molecule has 84 valence electrons. The van der Waals surface area contributed by atoms with E-state index >= 15 is 0 Å². The molecule has 3 nitrogen and oxygen atoms in total. The van der Waals surface area contributed by atoms with Crippen LogP contribution in [0, 0.1) is 3.57 Å². The highest BCUT2D eigenvalue weighted by atomic mass is 127. The third kappa shape index (κ3) is 3.08. The van der Waals surface area contributed by atoms with E-state index in [-0.39, 0.29) is 9.13 Å². The molecule has 0 radical (unpaired) electrons. The van der Waals surface area contributed by atoms with Gasteiger partial charge in [-0.1, -0.05) is 0 Å². The molecule has 0 spiro atoms. The van der Waals surface area contributed by atoms with E-state index in [1.54, 1.807) is 0 Å². The van der Waals surface area contributed by atoms with Gasteiger partial charge in [-0.25, -0.2) is 4.39 Å². The van der Waals surface area contributed by atoms with Crippen LogP contribution >= 0.6 is 22.6 Å². The fourth-order valence-corrected chi connectivity index (χ4v) is 1.43. The average Bonchev–Trinajstić information content (AvgIpc) is 2.11. The molecule has 1 N–H and O–H groups in total. The van der Waals surface area contributed by atoms with E-state index < -0.39 is 24.3 Å². The van der Waals surface area contributed by atoms with E-state index in [4.69, 9.17) is 0 Å². The quantitative estimate of drug-likeness (QED) is 0.665. The third-order valence-electron chi connectivity index (χ3n) is 1.43. The van der Waals surface area contributed by atoms with Gasteiger partial charge in [-0.05, 0) is 22.6 Å². The zero-order valence-corrected chi connectivity index (χ0v) is 9.15. The van der Waals surface area contributed by atoms with Crippen molar-refractivity contribution in [3.05, 3.63) is 25.6 Å². The van der Waals surface area contributed by atoms with Crippen molar-refractivity contribution >= 4 is 22.6 Å². The molecule has 0 aliphatic carbocycles. The van der Waals surface area contributed by atoms with Gasteiger partial charge < -0.3 is 9.72 Å². The molecule has 0 aromatic carbocycles. The Kier molecular flexibility index (Phi) is 3.58. The molecular formula is C7H4F4INO2. The standard InChI is InChI=1S/C7H4F4INO2/c8-1-3-2-13-6(4(12)5(3)14)15-7(9,10)11/h2H,1H2,(H,13,14). The molecule has 1 aromatic rings. The maximum atomic E-state index is 12.1. The van der Waals surface area contributed by atoms with E-state index in [2.05, 4.69) is 9.72 Å². The van der Waals surface area contributed by atoms with Crippen LogP contribution in [-0.4, -0.2) is 11.3 Å². The number of aromatic nitrogens is 1. The molecule has 0 fully saturated rings. The van der Waals surface area contributed by atoms with Gasteiger partial charge in [-0.15, -0.1) is 13.2 Å². The lowest BCUT2D eigenvalue weighted by Crippen LogP contribution is -2.22. The largest absolute Gasteiger partial charge is 0.574 e. The summed E-state index contributed by atoms with van der Waals surface area (Å²) < 4.78 is 50.8. The second-order valence-corrected chi connectivity index (χ2v) is 3.55. The van der Waals surface area contributed by atoms with Gasteiger partial charge in [0.1, 0.15) is 10.2 Å². The number of hydrogen-bond acceptors (Lipinski definition) is 2. The lowest BCUT2D eigenvalue weighted by molar-refractivity contribution is -0.276. The van der Waals surface area contributed by atoms with Crippen molar-refractivity contribution in [2.75, 3.05) is 0 Å². The van der Waals surface area contributed by atoms with Crippen LogP contribution in [0.2, 0.25) is 0 Å². The molecule has 0 unspecified atom stereocenters. The number of aromatic amines is 1. The van der Waals surface area contributed by atoms with Gasteiger partial charge >= 0.3 is 6.36 Å². The van der Waals surface area contributed by atoms with Gasteiger partial charge in [0.25, 0.3) is 0 Å². The van der Waals surface area contributed by atoms with Crippen LogP contribution in [0.1, 0.15) is 5.56 Å². The first-order valence-corrected chi connectivity index (χ1v) is 4.65. The second kappa shape index (κ2) is 4.37. The van der Waals surface area contributed by atoms with Crippen molar-refractivity contribution in [3.8, 4) is 5.88 Å². The fourth-order valence-electron chi connectivity index (χ4n) is 0.815. The van der Waals surface area contributed by atoms with Gasteiger partial charge in [0.05, 0.1) is 0 Å². The molecule has 0 atom stereocenters. The highest BCUT2D eigenvalue weighted by Crippen LogP contribution is 2.23. The lowest BCUT2D eigenvalue weighted by Gasteiger charge is -2.10. The summed E-state index contributed by atoms with van der Waals surface area (Å²) in [5.74, 6) is -0.731. The predicted molar refractivity (Wildman–Crippen MR) is 51.3 cm³/mol. The molecule has 0 bridgehead atoms. The van der Waals surface area contributed by atoms with E-state index in [0.717, 1.165) is 6.20 Å². The molecule has 1 heterocycles. The SMILES string of the molecule is O=c1c(CF)c[nH]c(OC(F)(F)F)c1I. The summed E-state index contributed by atoms with van der Waals surface area (Å²) >= 11 is 1.36. The minimum Gasteiger partial charge on any atom is -0.389 e. The molecule has 1 rings (SSSR count). The summed E-state index contributed by atoms with van der Waals surface area (Å²) in [7, 11) is 0. The Bertz CT molecular complexity index is 414. The van der Waals surface area contributed by atoms with Crippen molar-refractivity contribution in [2.24, 2.45) is 0 Å². The number of ether oxygens (including phenoxy) is 1. The van der Waals surface area contributed by atoms with Crippen molar-refractivity contribution in [1.82, 2.24) is 4.98 Å². The number of nitrogens with one attached hydrogen (secondary N) is 1. The van der Waals surface area contributed by atoms with E-state index in [9.17, 15) is 22.4 Å². The molecule has 0 aliphatic heterocycles.